The van der Waals surface area contributed by atoms with Crippen molar-refractivity contribution in [2.24, 2.45) is 4.99 Å². The fourth-order valence-electron chi connectivity index (χ4n) is 10.0. The third-order valence-corrected chi connectivity index (χ3v) is 13.0. The Kier molecular flexibility index (Phi) is 8.32. The first kappa shape index (κ1) is 36.9. The third-order valence-electron chi connectivity index (χ3n) is 13.0. The van der Waals surface area contributed by atoms with Crippen molar-refractivity contribution < 1.29 is 0 Å². The number of rotatable bonds is 6. The quantitative estimate of drug-likeness (QED) is 0.166. The van der Waals surface area contributed by atoms with Crippen molar-refractivity contribution in [1.82, 2.24) is 35.2 Å². The van der Waals surface area contributed by atoms with Crippen LogP contribution in [-0.4, -0.2) is 42.7 Å². The Bertz CT molecular complexity index is 3640. The van der Waals surface area contributed by atoms with Gasteiger partial charge in [0.1, 0.15) is 0 Å². The molecule has 0 unspecified atom stereocenters. The summed E-state index contributed by atoms with van der Waals surface area (Å²) in [6.45, 7) is 0.660. The molecule has 1 aliphatic carbocycles. The van der Waals surface area contributed by atoms with Crippen LogP contribution in [0, 0.1) is 0 Å². The first-order chi connectivity index (χ1) is 32.2. The fraction of sp³-hybridized carbons (Fsp3) is 0.0351. The third kappa shape index (κ3) is 5.88. The van der Waals surface area contributed by atoms with Gasteiger partial charge in [-0.05, 0) is 87.5 Å². The highest BCUT2D eigenvalue weighted by atomic mass is 14.9. The Balaban J connectivity index is 1.09. The molecule has 0 fully saturated rings. The Morgan fingerprint density at radius 3 is 1.55 bits per heavy atom. The zero-order valence-electron chi connectivity index (χ0n) is 34.9. The molecule has 0 atom stereocenters. The van der Waals surface area contributed by atoms with Crippen molar-refractivity contribution in [3.8, 4) is 44.9 Å². The zero-order valence-corrected chi connectivity index (χ0v) is 34.9. The van der Waals surface area contributed by atoms with Crippen LogP contribution in [0.2, 0.25) is 0 Å². The van der Waals surface area contributed by atoms with Gasteiger partial charge in [-0.15, -0.1) is 0 Å². The van der Waals surface area contributed by atoms with E-state index in [4.69, 9.17) is 24.9 Å². The molecule has 8 nitrogen and oxygen atoms in total. The standard InChI is InChI=1S/C57H36N8/c1-5-39(49-21-17-37-13-11-35-7-3-23-62-53(35)55(37)64-49)29-43(9-1)57(44-10-2-6-40(30-44)50-22-18-38-14-12-36-8-4-24-63-54(36)56(38)65-50)47-31-41(51-33-58-25-27-60-51)15-19-45(47)46-20-16-42(32-48(46)57)52-34-59-26-28-61-52/h1-27,29-34,61H,28H2. The van der Waals surface area contributed by atoms with Crippen molar-refractivity contribution in [3.05, 3.63) is 223 Å². The molecular formula is C57H36N8. The van der Waals surface area contributed by atoms with Gasteiger partial charge in [0.25, 0.3) is 0 Å². The van der Waals surface area contributed by atoms with Gasteiger partial charge < -0.3 is 5.32 Å². The first-order valence-corrected chi connectivity index (χ1v) is 21.7. The molecule has 5 aromatic heterocycles. The van der Waals surface area contributed by atoms with E-state index in [9.17, 15) is 0 Å². The largest absolute Gasteiger partial charge is 0.378 e. The van der Waals surface area contributed by atoms with Crippen molar-refractivity contribution in [1.29, 1.82) is 0 Å². The predicted molar refractivity (Wildman–Crippen MR) is 261 cm³/mol. The summed E-state index contributed by atoms with van der Waals surface area (Å²) in [5.41, 5.74) is 17.1. The summed E-state index contributed by atoms with van der Waals surface area (Å²) in [6.07, 6.45) is 12.8. The number of nitrogens with one attached hydrogen (secondary N) is 1. The normalized spacial score (nSPS) is 13.8. The lowest BCUT2D eigenvalue weighted by Gasteiger charge is -2.35. The zero-order chi connectivity index (χ0) is 42.9. The van der Waals surface area contributed by atoms with E-state index >= 15 is 0 Å². The molecule has 0 radical (unpaired) electrons. The molecule has 1 aliphatic heterocycles. The Hall–Kier alpha value is -8.75. The minimum absolute atomic E-state index is 0.660. The molecular weight excluding hydrogens is 797 g/mol. The minimum Gasteiger partial charge on any atom is -0.378 e. The van der Waals surface area contributed by atoms with Crippen molar-refractivity contribution in [3.63, 3.8) is 0 Å². The number of pyridine rings is 4. The van der Waals surface area contributed by atoms with E-state index in [0.29, 0.717) is 6.54 Å². The maximum Gasteiger partial charge on any atom is 0.0972 e. The molecule has 11 aromatic rings. The Morgan fingerprint density at radius 2 is 0.985 bits per heavy atom. The van der Waals surface area contributed by atoms with Gasteiger partial charge >= 0.3 is 0 Å². The maximum absolute atomic E-state index is 5.33. The highest BCUT2D eigenvalue weighted by Crippen LogP contribution is 2.58. The molecule has 0 spiro atoms. The summed E-state index contributed by atoms with van der Waals surface area (Å²) in [7, 11) is 0. The molecule has 8 heteroatoms. The van der Waals surface area contributed by atoms with Crippen LogP contribution < -0.4 is 5.32 Å². The molecule has 0 bridgehead atoms. The molecule has 13 rings (SSSR count). The molecule has 2 aliphatic rings. The van der Waals surface area contributed by atoms with Crippen LogP contribution in [0.25, 0.3) is 94.2 Å². The number of aromatic nitrogens is 6. The lowest BCUT2D eigenvalue weighted by Crippen LogP contribution is -2.29. The van der Waals surface area contributed by atoms with Crippen LogP contribution in [0.4, 0.5) is 0 Å². The van der Waals surface area contributed by atoms with Gasteiger partial charge in [-0.2, -0.15) is 0 Å². The summed E-state index contributed by atoms with van der Waals surface area (Å²) in [6, 6.07) is 56.6. The lowest BCUT2D eigenvalue weighted by molar-refractivity contribution is 0.768. The average molecular weight is 833 g/mol. The molecule has 6 heterocycles. The average Bonchev–Trinajstić information content (AvgIpc) is 3.68. The second-order valence-corrected chi connectivity index (χ2v) is 16.6. The van der Waals surface area contributed by atoms with Gasteiger partial charge in [0.2, 0.25) is 0 Å². The van der Waals surface area contributed by atoms with Crippen molar-refractivity contribution in [2.45, 2.75) is 5.41 Å². The van der Waals surface area contributed by atoms with E-state index in [1.807, 2.05) is 43.1 Å². The van der Waals surface area contributed by atoms with Crippen molar-refractivity contribution in [2.75, 3.05) is 6.54 Å². The number of aliphatic imine (C=N–C) groups is 1. The first-order valence-electron chi connectivity index (χ1n) is 21.7. The molecule has 6 aromatic carbocycles. The lowest BCUT2D eigenvalue weighted by atomic mass is 9.66. The smallest absolute Gasteiger partial charge is 0.0972 e. The van der Waals surface area contributed by atoms with Gasteiger partial charge in [-0.3, -0.25) is 24.9 Å². The SMILES string of the molecule is C1=NC=C(c2ccc3c(c2)C(c2cccc(-c4ccc5ccc6cccnc6c5n4)c2)(c2cccc(-c4ccc5ccc6cccnc6c5n4)c2)c2cc(-c4cnccn4)ccc2-3)NC1. The maximum atomic E-state index is 5.33. The van der Waals surface area contributed by atoms with E-state index in [2.05, 4.69) is 161 Å². The van der Waals surface area contributed by atoms with Gasteiger partial charge in [-0.1, -0.05) is 109 Å². The van der Waals surface area contributed by atoms with E-state index in [-0.39, 0.29) is 0 Å². The van der Waals surface area contributed by atoms with Gasteiger partial charge in [0.15, 0.2) is 0 Å². The van der Waals surface area contributed by atoms with E-state index in [1.54, 1.807) is 12.4 Å². The highest BCUT2D eigenvalue weighted by Gasteiger charge is 2.47. The molecule has 1 N–H and O–H groups in total. The van der Waals surface area contributed by atoms with E-state index in [1.165, 1.54) is 0 Å². The minimum atomic E-state index is -0.820. The summed E-state index contributed by atoms with van der Waals surface area (Å²) in [5.74, 6) is 0. The number of hydrogen-bond acceptors (Lipinski definition) is 8. The summed E-state index contributed by atoms with van der Waals surface area (Å²) < 4.78 is 0. The molecule has 0 saturated heterocycles. The van der Waals surface area contributed by atoms with Gasteiger partial charge in [0, 0.05) is 69.2 Å². The van der Waals surface area contributed by atoms with Crippen LogP contribution >= 0.6 is 0 Å². The topological polar surface area (TPSA) is 102 Å². The fourth-order valence-corrected chi connectivity index (χ4v) is 10.0. The Labute approximate surface area is 373 Å². The Morgan fingerprint density at radius 1 is 0.431 bits per heavy atom. The molecule has 0 saturated carbocycles. The summed E-state index contributed by atoms with van der Waals surface area (Å²) in [5, 5.41) is 7.79. The highest BCUT2D eigenvalue weighted by molar-refractivity contribution is 6.04. The second kappa shape index (κ2) is 14.7. The molecule has 0 amide bonds. The van der Waals surface area contributed by atoms with Crippen molar-refractivity contribution >= 4 is 55.5 Å². The van der Waals surface area contributed by atoms with Crippen LogP contribution in [0.1, 0.15) is 27.8 Å². The molecule has 304 valence electrons. The second-order valence-electron chi connectivity index (χ2n) is 16.6. The number of fused-ring (bicyclic) bond motifs is 9. The number of nitrogens with zero attached hydrogens (tertiary/aromatic N) is 7. The number of benzene rings is 6. The van der Waals surface area contributed by atoms with Crippen LogP contribution in [0.3, 0.4) is 0 Å². The van der Waals surface area contributed by atoms with Gasteiger partial charge in [-0.25, -0.2) is 9.97 Å². The van der Waals surface area contributed by atoms with Gasteiger partial charge in [0.05, 0.1) is 69.2 Å². The summed E-state index contributed by atoms with van der Waals surface area (Å²) in [4.78, 5) is 34.0. The summed E-state index contributed by atoms with van der Waals surface area (Å²) >= 11 is 0. The van der Waals surface area contributed by atoms with Crippen LogP contribution in [0.5, 0.6) is 0 Å². The monoisotopic (exact) mass is 832 g/mol. The number of hydrogen-bond donors (Lipinski definition) is 1. The predicted octanol–water partition coefficient (Wildman–Crippen LogP) is 12.0. The van der Waals surface area contributed by atoms with E-state index in [0.717, 1.165) is 122 Å². The molecule has 65 heavy (non-hydrogen) atoms. The van der Waals surface area contributed by atoms with Crippen LogP contribution in [0.15, 0.2) is 200 Å². The van der Waals surface area contributed by atoms with Crippen LogP contribution in [-0.2, 0) is 5.41 Å². The van der Waals surface area contributed by atoms with E-state index < -0.39 is 5.41 Å².